The van der Waals surface area contributed by atoms with Gasteiger partial charge >= 0.3 is 0 Å². The van der Waals surface area contributed by atoms with Crippen molar-refractivity contribution >= 4 is 5.91 Å². The number of hydrogen-bond acceptors (Lipinski definition) is 4. The molecule has 5 nitrogen and oxygen atoms in total. The molecular weight excluding hydrogens is 316 g/mol. The Balaban J connectivity index is 1.45. The predicted molar refractivity (Wildman–Crippen MR) is 93.9 cm³/mol. The summed E-state index contributed by atoms with van der Waals surface area (Å²) in [5.74, 6) is 1.55. The first kappa shape index (κ1) is 15.9. The molecule has 2 bridgehead atoms. The number of piperidine rings is 1. The van der Waals surface area contributed by atoms with Crippen LogP contribution in [0.3, 0.4) is 0 Å². The summed E-state index contributed by atoms with van der Waals surface area (Å²) in [6.07, 6.45) is 5.71. The van der Waals surface area contributed by atoms with Gasteiger partial charge in [-0.05, 0) is 43.2 Å². The molecular formula is C20H22N2O3. The fraction of sp³-hybridized carbons (Fsp3) is 0.400. The van der Waals surface area contributed by atoms with Crippen molar-refractivity contribution in [3.63, 3.8) is 0 Å². The van der Waals surface area contributed by atoms with Gasteiger partial charge in [-0.1, -0.05) is 6.07 Å². The van der Waals surface area contributed by atoms with Crippen molar-refractivity contribution in [2.24, 2.45) is 0 Å². The van der Waals surface area contributed by atoms with E-state index in [1.807, 2.05) is 42.5 Å². The number of pyridine rings is 1. The van der Waals surface area contributed by atoms with Gasteiger partial charge in [-0.2, -0.15) is 0 Å². The lowest BCUT2D eigenvalue weighted by Gasteiger charge is -2.38. The zero-order valence-electron chi connectivity index (χ0n) is 14.3. The largest absolute Gasteiger partial charge is 0.497 e. The Bertz CT molecular complexity index is 718. The zero-order valence-corrected chi connectivity index (χ0v) is 14.3. The molecule has 2 unspecified atom stereocenters. The first-order valence-corrected chi connectivity index (χ1v) is 8.79. The quantitative estimate of drug-likeness (QED) is 0.858. The molecule has 1 aromatic carbocycles. The van der Waals surface area contributed by atoms with E-state index in [9.17, 15) is 4.79 Å². The number of rotatable bonds is 4. The molecule has 2 aliphatic rings. The van der Waals surface area contributed by atoms with Gasteiger partial charge in [0.25, 0.3) is 5.91 Å². The van der Waals surface area contributed by atoms with Gasteiger partial charge < -0.3 is 14.4 Å². The van der Waals surface area contributed by atoms with Crippen LogP contribution in [0.1, 0.15) is 36.0 Å². The molecule has 0 spiro atoms. The number of ether oxygens (including phenoxy) is 2. The van der Waals surface area contributed by atoms with E-state index in [4.69, 9.17) is 9.47 Å². The monoisotopic (exact) mass is 338 g/mol. The number of aromatic nitrogens is 1. The lowest BCUT2D eigenvalue weighted by atomic mass is 9.98. The second-order valence-electron chi connectivity index (χ2n) is 6.71. The predicted octanol–water partition coefficient (Wildman–Crippen LogP) is 3.30. The van der Waals surface area contributed by atoms with Gasteiger partial charge in [0.15, 0.2) is 0 Å². The van der Waals surface area contributed by atoms with Crippen LogP contribution in [0.25, 0.3) is 0 Å². The van der Waals surface area contributed by atoms with Gasteiger partial charge in [0, 0.05) is 42.8 Å². The average molecular weight is 338 g/mol. The van der Waals surface area contributed by atoms with Crippen LogP contribution in [-0.2, 0) is 0 Å². The second-order valence-corrected chi connectivity index (χ2v) is 6.71. The third kappa shape index (κ3) is 3.18. The summed E-state index contributed by atoms with van der Waals surface area (Å²) in [7, 11) is 1.63. The van der Waals surface area contributed by atoms with Crippen LogP contribution in [0, 0.1) is 0 Å². The maximum absolute atomic E-state index is 13.0. The normalized spacial score (nSPS) is 24.8. The number of hydrogen-bond donors (Lipinski definition) is 0. The van der Waals surface area contributed by atoms with E-state index in [0.29, 0.717) is 5.88 Å². The summed E-state index contributed by atoms with van der Waals surface area (Å²) in [6.45, 7) is 0. The SMILES string of the molecule is COc1ccc(C(=O)N2C3CCC2CC(Oc2ccccn2)C3)cc1. The Morgan fingerprint density at radius 1 is 1.08 bits per heavy atom. The first-order chi connectivity index (χ1) is 12.2. The van der Waals surface area contributed by atoms with E-state index < -0.39 is 0 Å². The first-order valence-electron chi connectivity index (χ1n) is 8.79. The highest BCUT2D eigenvalue weighted by molar-refractivity contribution is 5.95. The molecule has 1 aromatic heterocycles. The van der Waals surface area contributed by atoms with E-state index in [-0.39, 0.29) is 24.1 Å². The Kier molecular flexibility index (Phi) is 4.30. The molecule has 2 aliphatic heterocycles. The molecule has 2 fully saturated rings. The Hall–Kier alpha value is -2.56. The maximum atomic E-state index is 13.0. The van der Waals surface area contributed by atoms with Crippen LogP contribution in [0.5, 0.6) is 11.6 Å². The number of carbonyl (C=O) groups is 1. The third-order valence-corrected chi connectivity index (χ3v) is 5.19. The Labute approximate surface area is 147 Å². The number of nitrogens with zero attached hydrogens (tertiary/aromatic N) is 2. The molecule has 0 N–H and O–H groups in total. The van der Waals surface area contributed by atoms with Crippen molar-refractivity contribution in [2.75, 3.05) is 7.11 Å². The topological polar surface area (TPSA) is 51.7 Å². The number of fused-ring (bicyclic) bond motifs is 2. The Morgan fingerprint density at radius 3 is 2.40 bits per heavy atom. The molecule has 25 heavy (non-hydrogen) atoms. The highest BCUT2D eigenvalue weighted by atomic mass is 16.5. The third-order valence-electron chi connectivity index (χ3n) is 5.19. The fourth-order valence-corrected chi connectivity index (χ4v) is 4.03. The summed E-state index contributed by atoms with van der Waals surface area (Å²) in [5, 5.41) is 0. The van der Waals surface area contributed by atoms with E-state index >= 15 is 0 Å². The number of carbonyl (C=O) groups excluding carboxylic acids is 1. The molecule has 4 rings (SSSR count). The molecule has 5 heteroatoms. The summed E-state index contributed by atoms with van der Waals surface area (Å²) in [4.78, 5) is 19.3. The van der Waals surface area contributed by atoms with Crippen molar-refractivity contribution in [3.8, 4) is 11.6 Å². The maximum Gasteiger partial charge on any atom is 0.254 e. The van der Waals surface area contributed by atoms with Crippen LogP contribution in [-0.4, -0.2) is 41.1 Å². The molecule has 130 valence electrons. The van der Waals surface area contributed by atoms with Crippen LogP contribution >= 0.6 is 0 Å². The lowest BCUT2D eigenvalue weighted by molar-refractivity contribution is 0.0348. The van der Waals surface area contributed by atoms with Gasteiger partial charge in [0.2, 0.25) is 5.88 Å². The molecule has 1 amide bonds. The van der Waals surface area contributed by atoms with Crippen LogP contribution in [0.15, 0.2) is 48.7 Å². The smallest absolute Gasteiger partial charge is 0.254 e. The fourth-order valence-electron chi connectivity index (χ4n) is 4.03. The van der Waals surface area contributed by atoms with Crippen molar-refractivity contribution in [1.29, 1.82) is 0 Å². The zero-order chi connectivity index (χ0) is 17.2. The minimum absolute atomic E-state index is 0.117. The molecule has 2 atom stereocenters. The van der Waals surface area contributed by atoms with Crippen molar-refractivity contribution in [2.45, 2.75) is 43.9 Å². The summed E-state index contributed by atoms with van der Waals surface area (Å²) in [5.41, 5.74) is 0.724. The van der Waals surface area contributed by atoms with Crippen molar-refractivity contribution in [3.05, 3.63) is 54.2 Å². The summed E-state index contributed by atoms with van der Waals surface area (Å²) >= 11 is 0. The molecule has 2 aromatic rings. The second kappa shape index (κ2) is 6.75. The summed E-state index contributed by atoms with van der Waals surface area (Å²) < 4.78 is 11.2. The molecule has 3 heterocycles. The Morgan fingerprint density at radius 2 is 1.80 bits per heavy atom. The number of benzene rings is 1. The van der Waals surface area contributed by atoms with E-state index in [1.54, 1.807) is 13.3 Å². The molecule has 0 radical (unpaired) electrons. The molecule has 0 aliphatic carbocycles. The van der Waals surface area contributed by atoms with E-state index in [0.717, 1.165) is 37.0 Å². The van der Waals surface area contributed by atoms with E-state index in [2.05, 4.69) is 9.88 Å². The van der Waals surface area contributed by atoms with E-state index in [1.165, 1.54) is 0 Å². The van der Waals surface area contributed by atoms with Crippen molar-refractivity contribution < 1.29 is 14.3 Å². The van der Waals surface area contributed by atoms with Gasteiger partial charge in [-0.3, -0.25) is 4.79 Å². The number of amides is 1. The highest BCUT2D eigenvalue weighted by Crippen LogP contribution is 2.38. The number of methoxy groups -OCH3 is 1. The van der Waals surface area contributed by atoms with Gasteiger partial charge in [-0.15, -0.1) is 0 Å². The van der Waals surface area contributed by atoms with Gasteiger partial charge in [-0.25, -0.2) is 4.98 Å². The molecule has 2 saturated heterocycles. The van der Waals surface area contributed by atoms with Gasteiger partial charge in [0.1, 0.15) is 11.9 Å². The average Bonchev–Trinajstić information content (AvgIpc) is 2.92. The standard InChI is InChI=1S/C20H22N2O3/c1-24-17-9-5-14(6-10-17)20(23)22-15-7-8-16(22)13-18(12-15)25-19-4-2-3-11-21-19/h2-6,9-11,15-16,18H,7-8,12-13H2,1H3. The van der Waals surface area contributed by atoms with Crippen molar-refractivity contribution in [1.82, 2.24) is 9.88 Å². The summed E-state index contributed by atoms with van der Waals surface area (Å²) in [6, 6.07) is 13.6. The molecule has 0 saturated carbocycles. The minimum Gasteiger partial charge on any atom is -0.497 e. The highest BCUT2D eigenvalue weighted by Gasteiger charge is 2.44. The lowest BCUT2D eigenvalue weighted by Crippen LogP contribution is -2.49. The van der Waals surface area contributed by atoms with Crippen LogP contribution in [0.2, 0.25) is 0 Å². The van der Waals surface area contributed by atoms with Crippen LogP contribution < -0.4 is 9.47 Å². The minimum atomic E-state index is 0.117. The van der Waals surface area contributed by atoms with Gasteiger partial charge in [0.05, 0.1) is 7.11 Å². The van der Waals surface area contributed by atoms with Crippen LogP contribution in [0.4, 0.5) is 0 Å².